The standard InChI is InChI=1S/C22H36N2/c1-7-13-18(8-2)16-23-21-14-11-12-15-22(21)24-20(10-4)19(9-3)17(5)6/h7,11-15,17,19-20,23-24H,1,8-10,16H2,2-6H3/b18-13+. The maximum absolute atomic E-state index is 3.80. The highest BCUT2D eigenvalue weighted by molar-refractivity contribution is 5.69. The molecule has 0 aliphatic rings. The molecule has 0 aromatic heterocycles. The van der Waals surface area contributed by atoms with E-state index in [1.807, 2.05) is 6.08 Å². The Bertz CT molecular complexity index is 516. The molecule has 2 nitrogen and oxygen atoms in total. The van der Waals surface area contributed by atoms with Gasteiger partial charge < -0.3 is 10.6 Å². The number of benzene rings is 1. The summed E-state index contributed by atoms with van der Waals surface area (Å²) in [5, 5.41) is 7.39. The van der Waals surface area contributed by atoms with Crippen molar-refractivity contribution in [2.24, 2.45) is 11.8 Å². The van der Waals surface area contributed by atoms with Crippen LogP contribution in [0.3, 0.4) is 0 Å². The van der Waals surface area contributed by atoms with Crippen molar-refractivity contribution < 1.29 is 0 Å². The average molecular weight is 329 g/mol. The Morgan fingerprint density at radius 3 is 2.25 bits per heavy atom. The van der Waals surface area contributed by atoms with Crippen LogP contribution in [0.25, 0.3) is 0 Å². The topological polar surface area (TPSA) is 24.1 Å². The number of anilines is 2. The van der Waals surface area contributed by atoms with E-state index < -0.39 is 0 Å². The maximum Gasteiger partial charge on any atom is 0.0578 e. The van der Waals surface area contributed by atoms with Gasteiger partial charge in [-0.05, 0) is 36.8 Å². The molecule has 0 radical (unpaired) electrons. The number of hydrogen-bond acceptors (Lipinski definition) is 2. The molecule has 1 aromatic carbocycles. The first-order valence-corrected chi connectivity index (χ1v) is 9.47. The molecule has 0 saturated carbocycles. The van der Waals surface area contributed by atoms with Gasteiger partial charge in [-0.15, -0.1) is 0 Å². The van der Waals surface area contributed by atoms with Crippen LogP contribution in [0.1, 0.15) is 53.9 Å². The average Bonchev–Trinajstić information content (AvgIpc) is 2.58. The first-order chi connectivity index (χ1) is 11.6. The van der Waals surface area contributed by atoms with Gasteiger partial charge in [0.2, 0.25) is 0 Å². The molecule has 2 atom stereocenters. The summed E-state index contributed by atoms with van der Waals surface area (Å²) in [5.74, 6) is 1.38. The van der Waals surface area contributed by atoms with E-state index in [1.165, 1.54) is 23.4 Å². The minimum atomic E-state index is 0.507. The van der Waals surface area contributed by atoms with E-state index >= 15 is 0 Å². The molecular formula is C22H36N2. The summed E-state index contributed by atoms with van der Waals surface area (Å²) >= 11 is 0. The molecule has 0 fully saturated rings. The minimum Gasteiger partial charge on any atom is -0.380 e. The Balaban J connectivity index is 2.88. The van der Waals surface area contributed by atoms with Crippen molar-refractivity contribution in [3.8, 4) is 0 Å². The zero-order valence-electron chi connectivity index (χ0n) is 16.2. The van der Waals surface area contributed by atoms with Gasteiger partial charge in [0.25, 0.3) is 0 Å². The zero-order valence-corrected chi connectivity index (χ0v) is 16.2. The Morgan fingerprint density at radius 2 is 1.75 bits per heavy atom. The minimum absolute atomic E-state index is 0.507. The monoisotopic (exact) mass is 328 g/mol. The van der Waals surface area contributed by atoms with Gasteiger partial charge in [0.15, 0.2) is 0 Å². The number of hydrogen-bond donors (Lipinski definition) is 2. The van der Waals surface area contributed by atoms with E-state index in [0.29, 0.717) is 17.9 Å². The Hall–Kier alpha value is -1.70. The SMILES string of the molecule is C=C/C=C(\CC)CNc1ccccc1NC(CC)C(CC)C(C)C. The summed E-state index contributed by atoms with van der Waals surface area (Å²) in [7, 11) is 0. The molecular weight excluding hydrogens is 292 g/mol. The van der Waals surface area contributed by atoms with E-state index in [9.17, 15) is 0 Å². The highest BCUT2D eigenvalue weighted by atomic mass is 15.0. The van der Waals surface area contributed by atoms with E-state index in [1.54, 1.807) is 0 Å². The van der Waals surface area contributed by atoms with E-state index in [4.69, 9.17) is 0 Å². The lowest BCUT2D eigenvalue weighted by molar-refractivity contribution is 0.318. The third-order valence-corrected chi connectivity index (χ3v) is 4.87. The predicted octanol–water partition coefficient (Wildman–Crippen LogP) is 6.49. The Kier molecular flexibility index (Phi) is 9.29. The lowest BCUT2D eigenvalue weighted by Gasteiger charge is -2.31. The van der Waals surface area contributed by atoms with E-state index in [2.05, 4.69) is 82.2 Å². The second kappa shape index (κ2) is 11.0. The molecule has 0 heterocycles. The quantitative estimate of drug-likeness (QED) is 0.453. The Labute approximate surface area is 149 Å². The molecule has 1 rings (SSSR count). The van der Waals surface area contributed by atoms with Gasteiger partial charge in [-0.1, -0.05) is 77.5 Å². The number of allylic oxidation sites excluding steroid dienone is 2. The fraction of sp³-hybridized carbons (Fsp3) is 0.545. The summed E-state index contributed by atoms with van der Waals surface area (Å²) in [6.45, 7) is 16.1. The number of nitrogens with one attached hydrogen (secondary N) is 2. The summed E-state index contributed by atoms with van der Waals surface area (Å²) in [4.78, 5) is 0. The van der Waals surface area contributed by atoms with Crippen LogP contribution in [-0.2, 0) is 0 Å². The molecule has 0 aliphatic heterocycles. The summed E-state index contributed by atoms with van der Waals surface area (Å²) in [5.41, 5.74) is 3.75. The van der Waals surface area contributed by atoms with Crippen LogP contribution in [0.4, 0.5) is 11.4 Å². The highest BCUT2D eigenvalue weighted by Gasteiger charge is 2.22. The van der Waals surface area contributed by atoms with Gasteiger partial charge in [0.1, 0.15) is 0 Å². The van der Waals surface area contributed by atoms with Crippen molar-refractivity contribution in [3.63, 3.8) is 0 Å². The van der Waals surface area contributed by atoms with Gasteiger partial charge >= 0.3 is 0 Å². The van der Waals surface area contributed by atoms with Crippen LogP contribution in [0.2, 0.25) is 0 Å². The Morgan fingerprint density at radius 1 is 1.08 bits per heavy atom. The van der Waals surface area contributed by atoms with Crippen molar-refractivity contribution in [1.29, 1.82) is 0 Å². The largest absolute Gasteiger partial charge is 0.380 e. The molecule has 0 aliphatic carbocycles. The first kappa shape index (κ1) is 20.3. The molecule has 0 saturated heterocycles. The summed E-state index contributed by atoms with van der Waals surface area (Å²) < 4.78 is 0. The fourth-order valence-electron chi connectivity index (χ4n) is 3.37. The van der Waals surface area contributed by atoms with Crippen molar-refractivity contribution >= 4 is 11.4 Å². The summed E-state index contributed by atoms with van der Waals surface area (Å²) in [6.07, 6.45) is 7.36. The molecule has 2 unspecified atom stereocenters. The third-order valence-electron chi connectivity index (χ3n) is 4.87. The van der Waals surface area contributed by atoms with Crippen LogP contribution in [0.15, 0.2) is 48.6 Å². The van der Waals surface area contributed by atoms with Crippen molar-refractivity contribution in [3.05, 3.63) is 48.6 Å². The van der Waals surface area contributed by atoms with E-state index in [0.717, 1.165) is 19.4 Å². The smallest absolute Gasteiger partial charge is 0.0578 e. The van der Waals surface area contributed by atoms with Crippen LogP contribution in [0, 0.1) is 11.8 Å². The third kappa shape index (κ3) is 6.07. The van der Waals surface area contributed by atoms with Crippen molar-refractivity contribution in [2.75, 3.05) is 17.2 Å². The highest BCUT2D eigenvalue weighted by Crippen LogP contribution is 2.28. The number of rotatable bonds is 11. The van der Waals surface area contributed by atoms with Gasteiger partial charge in [-0.2, -0.15) is 0 Å². The van der Waals surface area contributed by atoms with Crippen LogP contribution >= 0.6 is 0 Å². The molecule has 2 N–H and O–H groups in total. The second-order valence-electron chi connectivity index (χ2n) is 6.79. The molecule has 24 heavy (non-hydrogen) atoms. The van der Waals surface area contributed by atoms with Crippen LogP contribution in [-0.4, -0.2) is 12.6 Å². The van der Waals surface area contributed by atoms with Crippen LogP contribution < -0.4 is 10.6 Å². The second-order valence-corrected chi connectivity index (χ2v) is 6.79. The van der Waals surface area contributed by atoms with Crippen molar-refractivity contribution in [1.82, 2.24) is 0 Å². The molecule has 0 bridgehead atoms. The lowest BCUT2D eigenvalue weighted by Crippen LogP contribution is -2.31. The van der Waals surface area contributed by atoms with Crippen LogP contribution in [0.5, 0.6) is 0 Å². The fourth-order valence-corrected chi connectivity index (χ4v) is 3.37. The van der Waals surface area contributed by atoms with Gasteiger partial charge in [-0.25, -0.2) is 0 Å². The first-order valence-electron chi connectivity index (χ1n) is 9.47. The van der Waals surface area contributed by atoms with Gasteiger partial charge in [0.05, 0.1) is 11.4 Å². The van der Waals surface area contributed by atoms with Gasteiger partial charge in [0, 0.05) is 12.6 Å². The lowest BCUT2D eigenvalue weighted by atomic mass is 9.85. The van der Waals surface area contributed by atoms with E-state index in [-0.39, 0.29) is 0 Å². The molecule has 2 heteroatoms. The molecule has 0 spiro atoms. The zero-order chi connectivity index (χ0) is 17.9. The maximum atomic E-state index is 3.80. The summed E-state index contributed by atoms with van der Waals surface area (Å²) in [6, 6.07) is 9.05. The van der Waals surface area contributed by atoms with Crippen molar-refractivity contribution in [2.45, 2.75) is 59.9 Å². The predicted molar refractivity (Wildman–Crippen MR) is 110 cm³/mol. The molecule has 1 aromatic rings. The van der Waals surface area contributed by atoms with Gasteiger partial charge in [-0.3, -0.25) is 0 Å². The normalized spacial score (nSPS) is 14.3. The molecule has 0 amide bonds. The molecule has 134 valence electrons. The number of para-hydroxylation sites is 2.